The fourth-order valence-corrected chi connectivity index (χ4v) is 1.40. The van der Waals surface area contributed by atoms with Crippen molar-refractivity contribution >= 4 is 16.4 Å². The molecule has 0 saturated heterocycles. The highest BCUT2D eigenvalue weighted by Crippen LogP contribution is 2.00. The van der Waals surface area contributed by atoms with Crippen molar-refractivity contribution in [2.45, 2.75) is 6.61 Å². The molecule has 100 valence electrons. The minimum atomic E-state index is -3.97. The number of alkyl carbamates (subject to hydrolysis) is 1. The average Bonchev–Trinajstić information content (AvgIpc) is 2.32. The number of carbonyl (C=O) groups is 1. The van der Waals surface area contributed by atoms with Crippen molar-refractivity contribution in [3.63, 3.8) is 0 Å². The zero-order valence-corrected chi connectivity index (χ0v) is 10.4. The van der Waals surface area contributed by atoms with Crippen molar-refractivity contribution in [2.75, 3.05) is 13.2 Å². The lowest BCUT2D eigenvalue weighted by atomic mass is 10.2. The highest BCUT2D eigenvalue weighted by Gasteiger charge is 2.04. The van der Waals surface area contributed by atoms with E-state index < -0.39 is 16.4 Å². The van der Waals surface area contributed by atoms with Crippen molar-refractivity contribution in [1.29, 1.82) is 0 Å². The first-order chi connectivity index (χ1) is 8.47. The molecule has 3 N–H and O–H groups in total. The topological polar surface area (TPSA) is 108 Å². The summed E-state index contributed by atoms with van der Waals surface area (Å²) in [4.78, 5) is 11.2. The van der Waals surface area contributed by atoms with Gasteiger partial charge >= 0.3 is 16.4 Å². The van der Waals surface area contributed by atoms with Crippen LogP contribution in [-0.4, -0.2) is 27.7 Å². The van der Waals surface area contributed by atoms with Gasteiger partial charge in [-0.3, -0.25) is 4.18 Å². The van der Waals surface area contributed by atoms with Crippen molar-refractivity contribution in [1.82, 2.24) is 5.32 Å². The molecule has 0 radical (unpaired) electrons. The summed E-state index contributed by atoms with van der Waals surface area (Å²) in [6.07, 6.45) is -0.656. The summed E-state index contributed by atoms with van der Waals surface area (Å²) in [5.41, 5.74) is 0.855. The summed E-state index contributed by atoms with van der Waals surface area (Å²) in [5.74, 6) is 0. The van der Waals surface area contributed by atoms with Crippen LogP contribution in [0.2, 0.25) is 0 Å². The quantitative estimate of drug-likeness (QED) is 0.717. The van der Waals surface area contributed by atoms with Crippen LogP contribution in [-0.2, 0) is 25.8 Å². The molecule has 0 saturated carbocycles. The second-order valence-corrected chi connectivity index (χ2v) is 4.52. The molecule has 1 aromatic carbocycles. The van der Waals surface area contributed by atoms with E-state index in [0.29, 0.717) is 0 Å². The van der Waals surface area contributed by atoms with Gasteiger partial charge in [-0.15, -0.1) is 0 Å². The molecule has 0 heterocycles. The third-order valence-corrected chi connectivity index (χ3v) is 2.33. The fraction of sp³-hybridized carbons (Fsp3) is 0.300. The molecule has 18 heavy (non-hydrogen) atoms. The molecule has 0 atom stereocenters. The van der Waals surface area contributed by atoms with Crippen LogP contribution in [0.5, 0.6) is 0 Å². The Morgan fingerprint density at radius 3 is 2.56 bits per heavy atom. The molecular formula is C10H14N2O5S. The van der Waals surface area contributed by atoms with Gasteiger partial charge in [-0.25, -0.2) is 9.93 Å². The number of nitrogens with two attached hydrogens (primary N) is 1. The van der Waals surface area contributed by atoms with Gasteiger partial charge in [0.05, 0.1) is 6.61 Å². The number of hydrogen-bond acceptors (Lipinski definition) is 5. The van der Waals surface area contributed by atoms with E-state index in [9.17, 15) is 13.2 Å². The van der Waals surface area contributed by atoms with Crippen LogP contribution in [0.1, 0.15) is 5.56 Å². The Labute approximate surface area is 105 Å². The Bertz CT molecular complexity index is 474. The first kappa shape index (κ1) is 14.4. The predicted octanol–water partition coefficient (Wildman–Crippen LogP) is 0.133. The Hall–Kier alpha value is -1.64. The van der Waals surface area contributed by atoms with Gasteiger partial charge in [0, 0.05) is 6.54 Å². The molecule has 1 rings (SSSR count). The highest BCUT2D eigenvalue weighted by atomic mass is 32.2. The van der Waals surface area contributed by atoms with Crippen LogP contribution in [0.4, 0.5) is 4.79 Å². The maximum atomic E-state index is 11.2. The lowest BCUT2D eigenvalue weighted by molar-refractivity contribution is 0.137. The van der Waals surface area contributed by atoms with Gasteiger partial charge < -0.3 is 10.1 Å². The molecule has 0 aliphatic heterocycles. The third kappa shape index (κ3) is 6.84. The van der Waals surface area contributed by atoms with E-state index in [1.165, 1.54) is 0 Å². The lowest BCUT2D eigenvalue weighted by Gasteiger charge is -2.06. The summed E-state index contributed by atoms with van der Waals surface area (Å²) in [7, 11) is -3.97. The van der Waals surface area contributed by atoms with Crippen molar-refractivity contribution in [2.24, 2.45) is 5.14 Å². The van der Waals surface area contributed by atoms with Crippen LogP contribution >= 0.6 is 0 Å². The minimum absolute atomic E-state index is 0.00987. The molecule has 0 bridgehead atoms. The van der Waals surface area contributed by atoms with Crippen molar-refractivity contribution < 1.29 is 22.1 Å². The zero-order chi connectivity index (χ0) is 13.4. The van der Waals surface area contributed by atoms with Crippen molar-refractivity contribution in [3.8, 4) is 0 Å². The highest BCUT2D eigenvalue weighted by molar-refractivity contribution is 7.84. The Morgan fingerprint density at radius 1 is 1.28 bits per heavy atom. The van der Waals surface area contributed by atoms with Crippen LogP contribution < -0.4 is 10.5 Å². The Morgan fingerprint density at radius 2 is 1.94 bits per heavy atom. The standard InChI is InChI=1S/C10H14N2O5S/c11-18(14,15)17-7-6-12-10(13)16-8-9-4-2-1-3-5-9/h1-5H,6-8H2,(H,12,13)(H2,11,14,15). The normalized spacial score (nSPS) is 10.9. The minimum Gasteiger partial charge on any atom is -0.445 e. The van der Waals surface area contributed by atoms with Crippen LogP contribution in [0.3, 0.4) is 0 Å². The number of ether oxygens (including phenoxy) is 1. The number of benzene rings is 1. The van der Waals surface area contributed by atoms with Gasteiger partial charge in [0.1, 0.15) is 6.61 Å². The maximum absolute atomic E-state index is 11.2. The van der Waals surface area contributed by atoms with Gasteiger partial charge in [0.25, 0.3) is 0 Å². The van der Waals surface area contributed by atoms with E-state index in [4.69, 9.17) is 4.74 Å². The van der Waals surface area contributed by atoms with Crippen LogP contribution in [0.25, 0.3) is 0 Å². The van der Waals surface area contributed by atoms with E-state index >= 15 is 0 Å². The third-order valence-electron chi connectivity index (χ3n) is 1.83. The second kappa shape index (κ2) is 6.94. The molecular weight excluding hydrogens is 260 g/mol. The molecule has 8 heteroatoms. The van der Waals surface area contributed by atoms with E-state index in [1.807, 2.05) is 30.3 Å². The molecule has 7 nitrogen and oxygen atoms in total. The van der Waals surface area contributed by atoms with Gasteiger partial charge in [0.15, 0.2) is 0 Å². The fourth-order valence-electron chi connectivity index (χ4n) is 1.09. The summed E-state index contributed by atoms with van der Waals surface area (Å²) in [6, 6.07) is 9.15. The van der Waals surface area contributed by atoms with E-state index in [2.05, 4.69) is 14.6 Å². The largest absolute Gasteiger partial charge is 0.445 e. The average molecular weight is 274 g/mol. The van der Waals surface area contributed by atoms with Crippen molar-refractivity contribution in [3.05, 3.63) is 35.9 Å². The molecule has 0 fully saturated rings. The molecule has 1 amide bonds. The number of nitrogens with one attached hydrogen (secondary N) is 1. The number of amides is 1. The van der Waals surface area contributed by atoms with E-state index in [-0.39, 0.29) is 19.8 Å². The smallest absolute Gasteiger partial charge is 0.407 e. The molecule has 0 spiro atoms. The van der Waals surface area contributed by atoms with Crippen LogP contribution in [0.15, 0.2) is 30.3 Å². The van der Waals surface area contributed by atoms with Gasteiger partial charge in [-0.1, -0.05) is 30.3 Å². The monoisotopic (exact) mass is 274 g/mol. The number of carbonyl (C=O) groups excluding carboxylic acids is 1. The second-order valence-electron chi connectivity index (χ2n) is 3.30. The molecule has 0 aliphatic carbocycles. The molecule has 0 aromatic heterocycles. The number of hydrogen-bond donors (Lipinski definition) is 2. The van der Waals surface area contributed by atoms with Crippen LogP contribution in [0, 0.1) is 0 Å². The lowest BCUT2D eigenvalue weighted by Crippen LogP contribution is -2.29. The van der Waals surface area contributed by atoms with E-state index in [1.54, 1.807) is 0 Å². The summed E-state index contributed by atoms with van der Waals surface area (Å²) in [5, 5.41) is 6.91. The molecule has 0 unspecified atom stereocenters. The number of rotatable bonds is 6. The Kier molecular flexibility index (Phi) is 5.56. The summed E-state index contributed by atoms with van der Waals surface area (Å²) >= 11 is 0. The zero-order valence-electron chi connectivity index (χ0n) is 9.53. The van der Waals surface area contributed by atoms with Gasteiger partial charge in [0.2, 0.25) is 0 Å². The molecule has 0 aliphatic rings. The van der Waals surface area contributed by atoms with Gasteiger partial charge in [-0.05, 0) is 5.56 Å². The SMILES string of the molecule is NS(=O)(=O)OCCNC(=O)OCc1ccccc1. The first-order valence-corrected chi connectivity index (χ1v) is 6.56. The first-order valence-electron chi connectivity index (χ1n) is 5.09. The Balaban J connectivity index is 2.15. The predicted molar refractivity (Wildman–Crippen MR) is 63.7 cm³/mol. The summed E-state index contributed by atoms with van der Waals surface area (Å²) in [6.45, 7) is -0.105. The van der Waals surface area contributed by atoms with Gasteiger partial charge in [-0.2, -0.15) is 8.42 Å². The summed E-state index contributed by atoms with van der Waals surface area (Å²) < 4.78 is 29.9. The maximum Gasteiger partial charge on any atom is 0.407 e. The molecule has 1 aromatic rings. The van der Waals surface area contributed by atoms with E-state index in [0.717, 1.165) is 5.56 Å².